The van der Waals surface area contributed by atoms with Crippen molar-refractivity contribution in [1.82, 2.24) is 14.8 Å². The highest BCUT2D eigenvalue weighted by molar-refractivity contribution is 6.68. The summed E-state index contributed by atoms with van der Waals surface area (Å²) in [6, 6.07) is 5.34. The molecule has 120 valence electrons. The number of hydrogen-bond donors (Lipinski definition) is 1. The van der Waals surface area contributed by atoms with E-state index in [0.29, 0.717) is 32.0 Å². The molecule has 22 heavy (non-hydrogen) atoms. The zero-order valence-electron chi connectivity index (χ0n) is 11.7. The second kappa shape index (κ2) is 6.04. The van der Waals surface area contributed by atoms with Crippen molar-refractivity contribution < 1.29 is 4.79 Å². The maximum absolute atomic E-state index is 12.0. The van der Waals surface area contributed by atoms with Crippen molar-refractivity contribution in [1.29, 1.82) is 0 Å². The molecule has 0 aliphatic carbocycles. The first kappa shape index (κ1) is 16.1. The first-order valence-corrected chi connectivity index (χ1v) is 8.23. The number of carbonyl (C=O) groups is 1. The number of piperidine rings is 1. The molecule has 8 heteroatoms. The van der Waals surface area contributed by atoms with E-state index in [9.17, 15) is 9.59 Å². The van der Waals surface area contributed by atoms with Crippen LogP contribution in [0.2, 0.25) is 0 Å². The van der Waals surface area contributed by atoms with Crippen LogP contribution in [0.1, 0.15) is 18.0 Å². The van der Waals surface area contributed by atoms with Crippen LogP contribution in [0, 0.1) is 5.92 Å². The number of fused-ring (bicyclic) bond motifs is 4. The smallest absolute Gasteiger partial charge is 0.250 e. The number of halogens is 3. The van der Waals surface area contributed by atoms with E-state index in [2.05, 4.69) is 5.32 Å². The van der Waals surface area contributed by atoms with Crippen LogP contribution in [-0.2, 0) is 11.3 Å². The SMILES string of the molecule is O=CN[C@@H](N1C[C@@H]2C[C@H](C1)c1cccc(=O)n1C2)C(Cl)(Cl)Cl. The summed E-state index contributed by atoms with van der Waals surface area (Å²) in [6.45, 7) is 1.98. The highest BCUT2D eigenvalue weighted by Gasteiger charge is 2.43. The number of nitrogens with zero attached hydrogens (tertiary/aromatic N) is 2. The first-order valence-electron chi connectivity index (χ1n) is 7.10. The van der Waals surface area contributed by atoms with Crippen molar-refractivity contribution in [3.8, 4) is 0 Å². The molecule has 3 atom stereocenters. The van der Waals surface area contributed by atoms with E-state index in [-0.39, 0.29) is 11.5 Å². The fourth-order valence-electron chi connectivity index (χ4n) is 3.62. The van der Waals surface area contributed by atoms with Crippen molar-refractivity contribution in [2.45, 2.75) is 28.8 Å². The maximum atomic E-state index is 12.0. The van der Waals surface area contributed by atoms with Crippen LogP contribution >= 0.6 is 34.8 Å². The van der Waals surface area contributed by atoms with Gasteiger partial charge in [0.25, 0.3) is 5.56 Å². The molecule has 1 aromatic rings. The highest BCUT2D eigenvalue weighted by Crippen LogP contribution is 2.39. The molecular weight excluding hydrogens is 349 g/mol. The molecule has 0 spiro atoms. The predicted molar refractivity (Wildman–Crippen MR) is 86.4 cm³/mol. The predicted octanol–water partition coefficient (Wildman–Crippen LogP) is 1.71. The summed E-state index contributed by atoms with van der Waals surface area (Å²) in [4.78, 5) is 24.8. The summed E-state index contributed by atoms with van der Waals surface area (Å²) in [5.74, 6) is 0.499. The molecule has 3 rings (SSSR count). The molecule has 0 radical (unpaired) electrons. The fourth-order valence-corrected chi connectivity index (χ4v) is 4.22. The summed E-state index contributed by atoms with van der Waals surface area (Å²) >= 11 is 18.0. The minimum Gasteiger partial charge on any atom is -0.339 e. The number of likely N-dealkylation sites (tertiary alicyclic amines) is 1. The van der Waals surface area contributed by atoms with E-state index >= 15 is 0 Å². The third kappa shape index (κ3) is 3.00. The molecule has 1 amide bonds. The average molecular weight is 365 g/mol. The number of pyridine rings is 1. The molecular formula is C14H16Cl3N3O2. The van der Waals surface area contributed by atoms with Gasteiger partial charge in [-0.3, -0.25) is 14.5 Å². The van der Waals surface area contributed by atoms with Gasteiger partial charge in [-0.15, -0.1) is 0 Å². The van der Waals surface area contributed by atoms with Gasteiger partial charge in [-0.2, -0.15) is 0 Å². The molecule has 0 aromatic carbocycles. The zero-order chi connectivity index (χ0) is 15.9. The molecule has 0 saturated carbocycles. The van der Waals surface area contributed by atoms with Crippen molar-refractivity contribution in [3.63, 3.8) is 0 Å². The summed E-state index contributed by atoms with van der Waals surface area (Å²) < 4.78 is 0.233. The van der Waals surface area contributed by atoms with Crippen LogP contribution in [-0.4, -0.2) is 38.9 Å². The summed E-state index contributed by atoms with van der Waals surface area (Å²) in [5, 5.41) is 2.60. The Bertz CT molecular complexity index is 628. The van der Waals surface area contributed by atoms with Crippen LogP contribution < -0.4 is 10.9 Å². The molecule has 2 bridgehead atoms. The van der Waals surface area contributed by atoms with Crippen LogP contribution in [0.5, 0.6) is 0 Å². The van der Waals surface area contributed by atoms with E-state index in [0.717, 1.165) is 12.1 Å². The molecule has 1 saturated heterocycles. The van der Waals surface area contributed by atoms with Crippen molar-refractivity contribution in [2.24, 2.45) is 5.92 Å². The standard InChI is InChI=1S/C14H16Cl3N3O2/c15-14(16,17)13(18-8-21)19-5-9-4-10(7-19)11-2-1-3-12(22)20(11)6-9/h1-3,8-10,13H,4-7H2,(H,18,21)/t9-,10+,13-/m0/s1. The number of rotatable bonds is 3. The molecule has 2 aliphatic heterocycles. The second-order valence-corrected chi connectivity index (χ2v) is 8.25. The van der Waals surface area contributed by atoms with E-state index < -0.39 is 9.96 Å². The van der Waals surface area contributed by atoms with Gasteiger partial charge in [0.1, 0.15) is 6.17 Å². The van der Waals surface area contributed by atoms with Crippen LogP contribution in [0.4, 0.5) is 0 Å². The molecule has 5 nitrogen and oxygen atoms in total. The van der Waals surface area contributed by atoms with Gasteiger partial charge in [0.2, 0.25) is 10.2 Å². The van der Waals surface area contributed by atoms with Crippen LogP contribution in [0.3, 0.4) is 0 Å². The summed E-state index contributed by atoms with van der Waals surface area (Å²) in [6.07, 6.45) is 0.880. The summed E-state index contributed by atoms with van der Waals surface area (Å²) in [5.41, 5.74) is 1.05. The van der Waals surface area contributed by atoms with Gasteiger partial charge >= 0.3 is 0 Å². The van der Waals surface area contributed by atoms with E-state index in [1.54, 1.807) is 12.1 Å². The van der Waals surface area contributed by atoms with Crippen molar-refractivity contribution in [2.75, 3.05) is 13.1 Å². The van der Waals surface area contributed by atoms with E-state index in [4.69, 9.17) is 34.8 Å². The molecule has 1 fully saturated rings. The lowest BCUT2D eigenvalue weighted by Crippen LogP contribution is -2.59. The van der Waals surface area contributed by atoms with Crippen molar-refractivity contribution >= 4 is 41.2 Å². The Hall–Kier alpha value is -0.750. The normalized spacial score (nSPS) is 26.1. The lowest BCUT2D eigenvalue weighted by molar-refractivity contribution is -0.111. The Morgan fingerprint density at radius 3 is 2.73 bits per heavy atom. The first-order chi connectivity index (χ1) is 10.4. The van der Waals surface area contributed by atoms with E-state index in [1.807, 2.05) is 15.5 Å². The third-order valence-electron chi connectivity index (χ3n) is 4.41. The number of hydrogen-bond acceptors (Lipinski definition) is 3. The van der Waals surface area contributed by atoms with Gasteiger partial charge in [0, 0.05) is 37.3 Å². The van der Waals surface area contributed by atoms with Gasteiger partial charge in [-0.05, 0) is 18.4 Å². The number of nitrogens with one attached hydrogen (secondary N) is 1. The molecule has 0 unspecified atom stereocenters. The van der Waals surface area contributed by atoms with Gasteiger partial charge in [0.05, 0.1) is 0 Å². The van der Waals surface area contributed by atoms with Crippen LogP contribution in [0.25, 0.3) is 0 Å². The number of alkyl halides is 3. The van der Waals surface area contributed by atoms with E-state index in [1.165, 1.54) is 0 Å². The summed E-state index contributed by atoms with van der Waals surface area (Å²) in [7, 11) is 0. The highest BCUT2D eigenvalue weighted by atomic mass is 35.6. The minimum atomic E-state index is -1.61. The lowest BCUT2D eigenvalue weighted by Gasteiger charge is -2.46. The number of amides is 1. The van der Waals surface area contributed by atoms with Gasteiger partial charge in [-0.25, -0.2) is 0 Å². The number of carbonyl (C=O) groups excluding carboxylic acids is 1. The topological polar surface area (TPSA) is 54.3 Å². The van der Waals surface area contributed by atoms with Gasteiger partial charge in [0.15, 0.2) is 0 Å². The second-order valence-electron chi connectivity index (χ2n) is 5.88. The fraction of sp³-hybridized carbons (Fsp3) is 0.571. The molecule has 1 aromatic heterocycles. The zero-order valence-corrected chi connectivity index (χ0v) is 14.0. The van der Waals surface area contributed by atoms with Gasteiger partial charge in [-0.1, -0.05) is 40.9 Å². The van der Waals surface area contributed by atoms with Crippen LogP contribution in [0.15, 0.2) is 23.0 Å². The Morgan fingerprint density at radius 2 is 2.05 bits per heavy atom. The Balaban J connectivity index is 1.89. The quantitative estimate of drug-likeness (QED) is 0.656. The molecule has 1 N–H and O–H groups in total. The monoisotopic (exact) mass is 363 g/mol. The Kier molecular flexibility index (Phi) is 4.42. The molecule has 2 aliphatic rings. The molecule has 3 heterocycles. The minimum absolute atomic E-state index is 0.0320. The lowest BCUT2D eigenvalue weighted by atomic mass is 9.83. The average Bonchev–Trinajstić information content (AvgIpc) is 2.44. The maximum Gasteiger partial charge on any atom is 0.250 e. The third-order valence-corrected chi connectivity index (χ3v) is 5.03. The number of aromatic nitrogens is 1. The Labute approximate surface area is 143 Å². The Morgan fingerprint density at radius 1 is 1.27 bits per heavy atom. The largest absolute Gasteiger partial charge is 0.339 e. The van der Waals surface area contributed by atoms with Crippen molar-refractivity contribution in [3.05, 3.63) is 34.2 Å². The van der Waals surface area contributed by atoms with Gasteiger partial charge < -0.3 is 9.88 Å².